The van der Waals surface area contributed by atoms with E-state index in [9.17, 15) is 19.2 Å². The first kappa shape index (κ1) is 21.2. The van der Waals surface area contributed by atoms with Crippen LogP contribution in [0, 0.1) is 6.92 Å². The molecule has 0 spiro atoms. The van der Waals surface area contributed by atoms with Gasteiger partial charge < -0.3 is 14.8 Å². The molecule has 1 aromatic heterocycles. The Morgan fingerprint density at radius 3 is 2.37 bits per heavy atom. The third-order valence-electron chi connectivity index (χ3n) is 4.43. The number of amides is 2. The second-order valence-corrected chi connectivity index (χ2v) is 7.31. The molecule has 0 saturated heterocycles. The Morgan fingerprint density at radius 1 is 1.07 bits per heavy atom. The summed E-state index contributed by atoms with van der Waals surface area (Å²) in [6.07, 6.45) is 0.262. The van der Waals surface area contributed by atoms with Crippen LogP contribution in [0.4, 0.5) is 10.7 Å². The first-order valence-electron chi connectivity index (χ1n) is 8.94. The van der Waals surface area contributed by atoms with Crippen molar-refractivity contribution in [3.05, 3.63) is 46.3 Å². The highest BCUT2D eigenvalue weighted by atomic mass is 32.1. The summed E-state index contributed by atoms with van der Waals surface area (Å²) in [7, 11) is 2.43. The number of hydrogen-bond donors (Lipinski definition) is 1. The number of esters is 2. The number of thiophene rings is 1. The molecule has 30 heavy (non-hydrogen) atoms. The zero-order valence-corrected chi connectivity index (χ0v) is 17.4. The zero-order valence-electron chi connectivity index (χ0n) is 16.6. The predicted octanol–water partition coefficient (Wildman–Crippen LogP) is 2.75. The normalized spacial score (nSPS) is 13.5. The molecule has 156 valence electrons. The van der Waals surface area contributed by atoms with Crippen LogP contribution < -0.4 is 10.3 Å². The Labute approximate surface area is 176 Å². The lowest BCUT2D eigenvalue weighted by Gasteiger charge is -2.23. The van der Waals surface area contributed by atoms with E-state index in [0.717, 1.165) is 11.3 Å². The van der Waals surface area contributed by atoms with Crippen molar-refractivity contribution in [2.24, 2.45) is 5.10 Å². The Kier molecular flexibility index (Phi) is 6.26. The summed E-state index contributed by atoms with van der Waals surface area (Å²) in [6, 6.07) is 8.75. The minimum atomic E-state index is -0.694. The molecule has 0 aliphatic carbocycles. The Balaban J connectivity index is 1.92. The number of ether oxygens (including phenoxy) is 2. The van der Waals surface area contributed by atoms with Gasteiger partial charge in [0.2, 0.25) is 5.91 Å². The van der Waals surface area contributed by atoms with Crippen molar-refractivity contribution in [2.45, 2.75) is 19.8 Å². The largest absolute Gasteiger partial charge is 0.465 e. The molecule has 3 rings (SSSR count). The number of nitrogens with one attached hydrogen (secondary N) is 1. The maximum atomic E-state index is 12.8. The van der Waals surface area contributed by atoms with Crippen LogP contribution in [0.3, 0.4) is 0 Å². The minimum absolute atomic E-state index is 0.0728. The van der Waals surface area contributed by atoms with Crippen LogP contribution in [0.2, 0.25) is 0 Å². The number of hydrogen-bond acceptors (Lipinski definition) is 8. The average molecular weight is 429 g/mol. The van der Waals surface area contributed by atoms with Gasteiger partial charge in [0.15, 0.2) is 0 Å². The van der Waals surface area contributed by atoms with Gasteiger partial charge in [0.1, 0.15) is 15.6 Å². The van der Waals surface area contributed by atoms with Crippen LogP contribution in [0.5, 0.6) is 0 Å². The number of carbonyl (C=O) groups is 4. The second-order valence-electron chi connectivity index (χ2n) is 6.29. The van der Waals surface area contributed by atoms with Crippen LogP contribution >= 0.6 is 11.3 Å². The fraction of sp³-hybridized carbons (Fsp3) is 0.250. The monoisotopic (exact) mass is 429 g/mol. The number of nitrogens with zero attached hydrogens (tertiary/aromatic N) is 2. The highest BCUT2D eigenvalue weighted by Gasteiger charge is 2.30. The number of anilines is 2. The minimum Gasteiger partial charge on any atom is -0.465 e. The second kappa shape index (κ2) is 8.87. The van der Waals surface area contributed by atoms with Gasteiger partial charge >= 0.3 is 11.9 Å². The molecule has 1 N–H and O–H groups in total. The predicted molar refractivity (Wildman–Crippen MR) is 111 cm³/mol. The zero-order chi connectivity index (χ0) is 21.8. The van der Waals surface area contributed by atoms with Crippen molar-refractivity contribution < 1.29 is 28.7 Å². The highest BCUT2D eigenvalue weighted by molar-refractivity contribution is 7.18. The molecular weight excluding hydrogens is 410 g/mol. The molecule has 1 aliphatic heterocycles. The number of carbonyl (C=O) groups excluding carboxylic acids is 4. The number of benzene rings is 1. The summed E-state index contributed by atoms with van der Waals surface area (Å²) in [5.74, 6) is -2.13. The summed E-state index contributed by atoms with van der Waals surface area (Å²) in [4.78, 5) is 49.5. The van der Waals surface area contributed by atoms with Gasteiger partial charge in [0, 0.05) is 12.8 Å². The molecule has 2 amide bonds. The quantitative estimate of drug-likeness (QED) is 0.731. The van der Waals surface area contributed by atoms with E-state index >= 15 is 0 Å². The van der Waals surface area contributed by atoms with Gasteiger partial charge in [0.25, 0.3) is 5.91 Å². The van der Waals surface area contributed by atoms with E-state index in [-0.39, 0.29) is 39.9 Å². The number of para-hydroxylation sites is 1. The van der Waals surface area contributed by atoms with Gasteiger partial charge in [-0.05, 0) is 24.6 Å². The van der Waals surface area contributed by atoms with Gasteiger partial charge in [0.05, 0.1) is 25.5 Å². The smallest absolute Gasteiger partial charge is 0.348 e. The number of hydrazone groups is 1. The van der Waals surface area contributed by atoms with Crippen molar-refractivity contribution in [3.63, 3.8) is 0 Å². The van der Waals surface area contributed by atoms with Gasteiger partial charge in [-0.1, -0.05) is 18.2 Å². The topological polar surface area (TPSA) is 114 Å². The molecule has 2 heterocycles. The van der Waals surface area contributed by atoms with Gasteiger partial charge in [-0.2, -0.15) is 5.10 Å². The molecule has 1 aromatic carbocycles. The summed E-state index contributed by atoms with van der Waals surface area (Å²) in [6.45, 7) is 1.57. The first-order valence-corrected chi connectivity index (χ1v) is 9.75. The maximum absolute atomic E-state index is 12.8. The van der Waals surface area contributed by atoms with E-state index in [1.165, 1.54) is 19.2 Å². The molecule has 0 radical (unpaired) electrons. The van der Waals surface area contributed by atoms with Crippen molar-refractivity contribution in [1.82, 2.24) is 0 Å². The lowest BCUT2D eigenvalue weighted by molar-refractivity contribution is -0.118. The Morgan fingerprint density at radius 2 is 1.73 bits per heavy atom. The highest BCUT2D eigenvalue weighted by Crippen LogP contribution is 2.34. The third kappa shape index (κ3) is 4.08. The van der Waals surface area contributed by atoms with Gasteiger partial charge in [-0.25, -0.2) is 14.6 Å². The first-order chi connectivity index (χ1) is 14.4. The third-order valence-corrected chi connectivity index (χ3v) is 5.62. The van der Waals surface area contributed by atoms with E-state index in [0.29, 0.717) is 11.3 Å². The molecule has 0 saturated carbocycles. The average Bonchev–Trinajstić information content (AvgIpc) is 3.09. The van der Waals surface area contributed by atoms with E-state index < -0.39 is 17.8 Å². The van der Waals surface area contributed by atoms with Crippen LogP contribution in [-0.4, -0.2) is 43.7 Å². The molecule has 9 nitrogen and oxygen atoms in total. The van der Waals surface area contributed by atoms with E-state index in [1.54, 1.807) is 31.2 Å². The molecule has 0 bridgehead atoms. The number of methoxy groups -OCH3 is 2. The maximum Gasteiger partial charge on any atom is 0.348 e. The summed E-state index contributed by atoms with van der Waals surface area (Å²) >= 11 is 0.910. The Hall–Kier alpha value is -3.53. The molecule has 0 atom stereocenters. The lowest BCUT2D eigenvalue weighted by Crippen LogP contribution is -2.36. The van der Waals surface area contributed by atoms with Crippen LogP contribution in [0.1, 0.15) is 38.4 Å². The van der Waals surface area contributed by atoms with Crippen molar-refractivity contribution in [3.8, 4) is 0 Å². The molecule has 0 fully saturated rings. The van der Waals surface area contributed by atoms with Gasteiger partial charge in [-0.15, -0.1) is 11.3 Å². The van der Waals surface area contributed by atoms with E-state index in [4.69, 9.17) is 9.47 Å². The molecule has 10 heteroatoms. The van der Waals surface area contributed by atoms with Crippen LogP contribution in [-0.2, 0) is 19.1 Å². The fourth-order valence-electron chi connectivity index (χ4n) is 2.90. The molecular formula is C20H19N3O6S. The van der Waals surface area contributed by atoms with Crippen molar-refractivity contribution in [1.29, 1.82) is 0 Å². The van der Waals surface area contributed by atoms with Crippen LogP contribution in [0.25, 0.3) is 0 Å². The SMILES string of the molecule is COC(=O)c1sc(NC(=O)C2=NN(c3ccccc3)C(=O)CC2)c(C(=O)OC)c1C. The molecule has 1 aliphatic rings. The van der Waals surface area contributed by atoms with Gasteiger partial charge in [-0.3, -0.25) is 9.59 Å². The van der Waals surface area contributed by atoms with E-state index in [1.807, 2.05) is 6.07 Å². The van der Waals surface area contributed by atoms with E-state index in [2.05, 4.69) is 10.4 Å². The Bertz CT molecular complexity index is 1040. The molecule has 2 aromatic rings. The molecule has 0 unspecified atom stereocenters. The fourth-order valence-corrected chi connectivity index (χ4v) is 4.01. The van der Waals surface area contributed by atoms with Crippen LogP contribution in [0.15, 0.2) is 35.4 Å². The summed E-state index contributed by atoms with van der Waals surface area (Å²) in [5, 5.41) is 8.14. The van der Waals surface area contributed by atoms with Crippen molar-refractivity contribution >= 4 is 51.5 Å². The lowest BCUT2D eigenvalue weighted by atomic mass is 10.1. The van der Waals surface area contributed by atoms with Crippen molar-refractivity contribution in [2.75, 3.05) is 24.5 Å². The summed E-state index contributed by atoms with van der Waals surface area (Å²) in [5.41, 5.74) is 1.09. The number of rotatable bonds is 5. The summed E-state index contributed by atoms with van der Waals surface area (Å²) < 4.78 is 9.52. The standard InChI is InChI=1S/C20H19N3O6S/c1-11-15(19(26)28-2)18(30-16(11)20(27)29-3)21-17(25)13-9-10-14(24)23(22-13)12-7-5-4-6-8-12/h4-8H,9-10H2,1-3H3,(H,21,25).